The van der Waals surface area contributed by atoms with Crippen LogP contribution in [0.15, 0.2) is 60.7 Å². The summed E-state index contributed by atoms with van der Waals surface area (Å²) in [6.45, 7) is 11.5. The predicted octanol–water partition coefficient (Wildman–Crippen LogP) is 7.74. The highest BCUT2D eigenvalue weighted by molar-refractivity contribution is 5.96. The smallest absolute Gasteiger partial charge is 0.162 e. The molecule has 0 aliphatic carbocycles. The number of benzene rings is 2. The van der Waals surface area contributed by atoms with E-state index in [-0.39, 0.29) is 5.78 Å². The van der Waals surface area contributed by atoms with Crippen molar-refractivity contribution in [3.05, 3.63) is 82.9 Å². The molecule has 2 nitrogen and oxygen atoms in total. The molecule has 168 valence electrons. The fourth-order valence-electron chi connectivity index (χ4n) is 3.64. The van der Waals surface area contributed by atoms with Gasteiger partial charge in [0.2, 0.25) is 0 Å². The molecule has 0 heterocycles. The van der Waals surface area contributed by atoms with E-state index in [4.69, 9.17) is 4.74 Å². The Balaban J connectivity index is 1.64. The number of hydrogen-bond donors (Lipinski definition) is 0. The van der Waals surface area contributed by atoms with Gasteiger partial charge in [-0.05, 0) is 61.6 Å². The second kappa shape index (κ2) is 14.0. The predicted molar refractivity (Wildman–Crippen MR) is 132 cm³/mol. The number of aryl methyl sites for hydroxylation is 2. The molecule has 0 aliphatic rings. The van der Waals surface area contributed by atoms with Gasteiger partial charge in [-0.2, -0.15) is 0 Å². The molecule has 0 saturated heterocycles. The summed E-state index contributed by atoms with van der Waals surface area (Å²) < 4.78 is 5.56. The van der Waals surface area contributed by atoms with Crippen LogP contribution >= 0.6 is 0 Å². The number of carbonyl (C=O) groups excluding carboxylic acids is 1. The fourth-order valence-corrected chi connectivity index (χ4v) is 3.64. The fraction of sp³-hybridized carbons (Fsp3) is 0.483. The van der Waals surface area contributed by atoms with Crippen molar-refractivity contribution in [2.24, 2.45) is 5.92 Å². The van der Waals surface area contributed by atoms with Crippen LogP contribution in [0.4, 0.5) is 0 Å². The first-order valence-electron chi connectivity index (χ1n) is 11.9. The van der Waals surface area contributed by atoms with Crippen LogP contribution in [-0.4, -0.2) is 12.4 Å². The Kier molecular flexibility index (Phi) is 11.3. The number of Topliss-reactive ketones (excluding diaryl/α,β-unsaturated/α-hetero) is 1. The van der Waals surface area contributed by atoms with Gasteiger partial charge in [0.25, 0.3) is 0 Å². The zero-order chi connectivity index (χ0) is 22.5. The van der Waals surface area contributed by atoms with E-state index in [1.54, 1.807) is 0 Å². The maximum Gasteiger partial charge on any atom is 0.162 e. The lowest BCUT2D eigenvalue weighted by Crippen LogP contribution is -2.01. The third-order valence-corrected chi connectivity index (χ3v) is 5.53. The summed E-state index contributed by atoms with van der Waals surface area (Å²) in [5.41, 5.74) is 5.71. The van der Waals surface area contributed by atoms with Crippen LogP contribution in [0.1, 0.15) is 86.3 Å². The minimum absolute atomic E-state index is 0.228. The molecular formula is C29H40O2. The number of ketones is 1. The minimum atomic E-state index is 0.228. The second-order valence-corrected chi connectivity index (χ2v) is 9.23. The highest BCUT2D eigenvalue weighted by atomic mass is 16.5. The quantitative estimate of drug-likeness (QED) is 0.167. The Morgan fingerprint density at radius 2 is 1.39 bits per heavy atom. The molecule has 0 amide bonds. The second-order valence-electron chi connectivity index (χ2n) is 9.23. The molecule has 2 rings (SSSR count). The van der Waals surface area contributed by atoms with Crippen LogP contribution in [0.25, 0.3) is 0 Å². The molecule has 31 heavy (non-hydrogen) atoms. The topological polar surface area (TPSA) is 26.3 Å². The van der Waals surface area contributed by atoms with Gasteiger partial charge in [0.1, 0.15) is 0 Å². The summed E-state index contributed by atoms with van der Waals surface area (Å²) in [5, 5.41) is 0. The van der Waals surface area contributed by atoms with E-state index < -0.39 is 0 Å². The molecular weight excluding hydrogens is 380 g/mol. The highest BCUT2D eigenvalue weighted by Gasteiger charge is 2.06. The van der Waals surface area contributed by atoms with Crippen LogP contribution in [0.3, 0.4) is 0 Å². The number of carbonyl (C=O) groups is 1. The average Bonchev–Trinajstić information content (AvgIpc) is 2.75. The van der Waals surface area contributed by atoms with E-state index in [1.165, 1.54) is 36.8 Å². The van der Waals surface area contributed by atoms with Crippen molar-refractivity contribution in [3.8, 4) is 0 Å². The van der Waals surface area contributed by atoms with Crippen LogP contribution in [0.5, 0.6) is 0 Å². The first kappa shape index (κ1) is 25.1. The van der Waals surface area contributed by atoms with E-state index in [9.17, 15) is 4.79 Å². The minimum Gasteiger partial charge on any atom is -0.372 e. The number of ether oxygens (including phenoxy) is 1. The first-order chi connectivity index (χ1) is 14.9. The molecule has 2 aromatic rings. The molecule has 0 bridgehead atoms. The summed E-state index contributed by atoms with van der Waals surface area (Å²) >= 11 is 0. The lowest BCUT2D eigenvalue weighted by Gasteiger charge is -2.07. The van der Waals surface area contributed by atoms with Gasteiger partial charge < -0.3 is 4.74 Å². The van der Waals surface area contributed by atoms with Crippen molar-refractivity contribution in [2.75, 3.05) is 6.61 Å². The number of hydrogen-bond acceptors (Lipinski definition) is 2. The van der Waals surface area contributed by atoms with Crippen LogP contribution in [0.2, 0.25) is 0 Å². The van der Waals surface area contributed by atoms with Crippen LogP contribution in [0, 0.1) is 5.92 Å². The normalized spacial score (nSPS) is 11.1. The van der Waals surface area contributed by atoms with Crippen molar-refractivity contribution < 1.29 is 9.53 Å². The summed E-state index contributed by atoms with van der Waals surface area (Å²) in [5.74, 6) is 1.03. The molecule has 0 saturated carbocycles. The standard InChI is InChI=1S/C29H40O2/c1-23(2)9-5-6-10-25-13-15-26(16-14-25)11-7-8-12-29(30)28-19-17-27(18-20-28)22-31-21-24(3)4/h13-20,23H,3,5-12,21-22H2,1-2,4H3. The summed E-state index contributed by atoms with van der Waals surface area (Å²) in [7, 11) is 0. The van der Waals surface area contributed by atoms with E-state index in [0.29, 0.717) is 19.6 Å². The van der Waals surface area contributed by atoms with E-state index in [2.05, 4.69) is 44.7 Å². The average molecular weight is 421 g/mol. The maximum absolute atomic E-state index is 12.4. The lowest BCUT2D eigenvalue weighted by molar-refractivity contribution is 0.0979. The van der Waals surface area contributed by atoms with Gasteiger partial charge in [-0.1, -0.05) is 87.4 Å². The Hall–Kier alpha value is -2.19. The highest BCUT2D eigenvalue weighted by Crippen LogP contribution is 2.15. The Morgan fingerprint density at radius 1 is 0.839 bits per heavy atom. The molecule has 2 heteroatoms. The Morgan fingerprint density at radius 3 is 1.94 bits per heavy atom. The molecule has 2 aromatic carbocycles. The van der Waals surface area contributed by atoms with Gasteiger partial charge in [-0.3, -0.25) is 4.79 Å². The molecule has 0 N–H and O–H groups in total. The zero-order valence-corrected chi connectivity index (χ0v) is 19.8. The third-order valence-electron chi connectivity index (χ3n) is 5.53. The van der Waals surface area contributed by atoms with Gasteiger partial charge in [0.05, 0.1) is 13.2 Å². The third kappa shape index (κ3) is 10.6. The largest absolute Gasteiger partial charge is 0.372 e. The van der Waals surface area contributed by atoms with Gasteiger partial charge in [-0.25, -0.2) is 0 Å². The van der Waals surface area contributed by atoms with Crippen LogP contribution in [-0.2, 0) is 24.2 Å². The lowest BCUT2D eigenvalue weighted by atomic mass is 9.99. The van der Waals surface area contributed by atoms with E-state index in [1.807, 2.05) is 31.2 Å². The van der Waals surface area contributed by atoms with Crippen molar-refractivity contribution in [1.82, 2.24) is 0 Å². The summed E-state index contributed by atoms with van der Waals surface area (Å²) in [6.07, 6.45) is 8.73. The molecule has 0 fully saturated rings. The van der Waals surface area contributed by atoms with Gasteiger partial charge in [0, 0.05) is 12.0 Å². The number of unbranched alkanes of at least 4 members (excludes halogenated alkanes) is 2. The Bertz CT molecular complexity index is 784. The maximum atomic E-state index is 12.4. The van der Waals surface area contributed by atoms with E-state index >= 15 is 0 Å². The monoisotopic (exact) mass is 420 g/mol. The van der Waals surface area contributed by atoms with E-state index in [0.717, 1.165) is 41.9 Å². The molecule has 0 radical (unpaired) electrons. The van der Waals surface area contributed by atoms with Gasteiger partial charge >= 0.3 is 0 Å². The molecule has 0 aliphatic heterocycles. The Labute approximate surface area is 189 Å². The van der Waals surface area contributed by atoms with Crippen molar-refractivity contribution in [1.29, 1.82) is 0 Å². The van der Waals surface area contributed by atoms with Crippen LogP contribution < -0.4 is 0 Å². The molecule has 0 atom stereocenters. The SMILES string of the molecule is C=C(C)COCc1ccc(C(=O)CCCCc2ccc(CCCCC(C)C)cc2)cc1. The number of rotatable bonds is 15. The first-order valence-corrected chi connectivity index (χ1v) is 11.9. The van der Waals surface area contributed by atoms with Gasteiger partial charge in [-0.15, -0.1) is 0 Å². The molecule has 0 spiro atoms. The van der Waals surface area contributed by atoms with Crippen molar-refractivity contribution in [3.63, 3.8) is 0 Å². The zero-order valence-electron chi connectivity index (χ0n) is 19.8. The summed E-state index contributed by atoms with van der Waals surface area (Å²) in [4.78, 5) is 12.4. The molecule has 0 unspecified atom stereocenters. The van der Waals surface area contributed by atoms with Crippen molar-refractivity contribution in [2.45, 2.75) is 78.7 Å². The van der Waals surface area contributed by atoms with Gasteiger partial charge in [0.15, 0.2) is 5.78 Å². The van der Waals surface area contributed by atoms with Crippen molar-refractivity contribution >= 4 is 5.78 Å². The molecule has 0 aromatic heterocycles. The summed E-state index contributed by atoms with van der Waals surface area (Å²) in [6, 6.07) is 16.9.